The van der Waals surface area contributed by atoms with E-state index in [4.69, 9.17) is 21.1 Å². The van der Waals surface area contributed by atoms with Crippen LogP contribution in [0.3, 0.4) is 0 Å². The summed E-state index contributed by atoms with van der Waals surface area (Å²) in [6, 6.07) is 6.59. The van der Waals surface area contributed by atoms with Crippen LogP contribution in [-0.2, 0) is 15.4 Å². The Kier molecular flexibility index (Phi) is 4.68. The van der Waals surface area contributed by atoms with Gasteiger partial charge in [0.1, 0.15) is 5.76 Å². The maximum atomic E-state index is 6.18. The van der Waals surface area contributed by atoms with E-state index in [2.05, 4.69) is 44.2 Å². The molecule has 4 rings (SSSR count). The van der Waals surface area contributed by atoms with Crippen molar-refractivity contribution < 1.29 is 9.47 Å². The van der Waals surface area contributed by atoms with Gasteiger partial charge in [0.15, 0.2) is 0 Å². The van der Waals surface area contributed by atoms with Crippen molar-refractivity contribution in [2.45, 2.75) is 70.1 Å². The summed E-state index contributed by atoms with van der Waals surface area (Å²) in [5, 5.41) is 0. The number of halogens is 1. The van der Waals surface area contributed by atoms with Crippen LogP contribution < -0.4 is 0 Å². The first kappa shape index (κ1) is 17.2. The predicted molar refractivity (Wildman–Crippen MR) is 102 cm³/mol. The number of allylic oxidation sites excluding steroid dienone is 2. The molecule has 0 spiro atoms. The fourth-order valence-corrected chi connectivity index (χ4v) is 4.34. The average molecular weight is 359 g/mol. The highest BCUT2D eigenvalue weighted by molar-refractivity contribution is 6.17. The average Bonchev–Trinajstić information content (AvgIpc) is 3.35. The molecule has 3 aliphatic rings. The molecule has 0 saturated heterocycles. The Bertz CT molecular complexity index is 700. The molecule has 1 unspecified atom stereocenters. The van der Waals surface area contributed by atoms with Crippen molar-refractivity contribution in [2.24, 2.45) is 5.41 Å². The van der Waals surface area contributed by atoms with Crippen molar-refractivity contribution in [3.05, 3.63) is 53.1 Å². The van der Waals surface area contributed by atoms with Crippen LogP contribution >= 0.6 is 11.6 Å². The zero-order valence-electron chi connectivity index (χ0n) is 15.1. The maximum Gasteiger partial charge on any atom is 0.220 e. The van der Waals surface area contributed by atoms with Crippen LogP contribution in [0.1, 0.15) is 68.6 Å². The Morgan fingerprint density at radius 1 is 1.24 bits per heavy atom. The first-order valence-electron chi connectivity index (χ1n) is 9.46. The van der Waals surface area contributed by atoms with E-state index in [1.807, 2.05) is 6.08 Å². The van der Waals surface area contributed by atoms with Gasteiger partial charge in [0.05, 0.1) is 6.10 Å². The summed E-state index contributed by atoms with van der Waals surface area (Å²) in [7, 11) is 0. The quantitative estimate of drug-likeness (QED) is 0.587. The Hall–Kier alpha value is -1.25. The number of hydrogen-bond acceptors (Lipinski definition) is 2. The van der Waals surface area contributed by atoms with Crippen molar-refractivity contribution in [3.63, 3.8) is 0 Å². The zero-order valence-corrected chi connectivity index (χ0v) is 15.9. The first-order valence-corrected chi connectivity index (χ1v) is 10.00. The minimum atomic E-state index is -0.260. The van der Waals surface area contributed by atoms with Gasteiger partial charge in [-0.25, -0.2) is 0 Å². The van der Waals surface area contributed by atoms with E-state index in [1.165, 1.54) is 36.0 Å². The van der Waals surface area contributed by atoms with Crippen LogP contribution in [-0.4, -0.2) is 12.4 Å². The van der Waals surface area contributed by atoms with Crippen LogP contribution in [0.2, 0.25) is 0 Å². The molecule has 2 saturated carbocycles. The number of alkyl halides is 1. The van der Waals surface area contributed by atoms with Crippen molar-refractivity contribution in [3.8, 4) is 0 Å². The van der Waals surface area contributed by atoms with E-state index in [9.17, 15) is 0 Å². The second-order valence-corrected chi connectivity index (χ2v) is 8.49. The van der Waals surface area contributed by atoms with Crippen LogP contribution in [0.5, 0.6) is 0 Å². The lowest BCUT2D eigenvalue weighted by Gasteiger charge is -2.31. The third-order valence-electron chi connectivity index (χ3n) is 5.78. The number of rotatable bonds is 5. The van der Waals surface area contributed by atoms with Crippen LogP contribution in [0.4, 0.5) is 0 Å². The third-order valence-corrected chi connectivity index (χ3v) is 6.09. The molecule has 0 N–H and O–H groups in total. The van der Waals surface area contributed by atoms with E-state index in [0.717, 1.165) is 18.6 Å². The smallest absolute Gasteiger partial charge is 0.220 e. The maximum absolute atomic E-state index is 6.18. The Morgan fingerprint density at radius 3 is 2.76 bits per heavy atom. The minimum Gasteiger partial charge on any atom is -0.461 e. The summed E-state index contributed by atoms with van der Waals surface area (Å²) in [5.74, 6) is 2.02. The molecule has 2 nitrogen and oxygen atoms in total. The monoisotopic (exact) mass is 358 g/mol. The molecular weight excluding hydrogens is 332 g/mol. The van der Waals surface area contributed by atoms with Crippen molar-refractivity contribution >= 4 is 17.4 Å². The van der Waals surface area contributed by atoms with E-state index in [-0.39, 0.29) is 6.29 Å². The molecular formula is C22H27ClO2. The highest BCUT2D eigenvalue weighted by Crippen LogP contribution is 2.50. The van der Waals surface area contributed by atoms with Gasteiger partial charge in [0.25, 0.3) is 0 Å². The lowest BCUT2D eigenvalue weighted by Crippen LogP contribution is -2.20. The van der Waals surface area contributed by atoms with Crippen LogP contribution in [0.25, 0.3) is 5.76 Å². The van der Waals surface area contributed by atoms with E-state index < -0.39 is 0 Å². The number of benzene rings is 1. The molecule has 25 heavy (non-hydrogen) atoms. The Labute approximate surface area is 155 Å². The molecule has 0 radical (unpaired) electrons. The zero-order chi connectivity index (χ0) is 17.4. The lowest BCUT2D eigenvalue weighted by atomic mass is 9.75. The molecule has 2 aliphatic carbocycles. The van der Waals surface area contributed by atoms with Gasteiger partial charge < -0.3 is 9.47 Å². The fraction of sp³-hybridized carbons (Fsp3) is 0.545. The summed E-state index contributed by atoms with van der Waals surface area (Å²) >= 11 is 6.13. The number of hydrogen-bond donors (Lipinski definition) is 0. The number of ether oxygens (including phenoxy) is 2. The standard InChI is InChI=1S/C22H27ClO2/c1-22(2)12-4-5-19(22)18-13-15(14-23)8-11-17(18)20-6-3-7-21(25-20)24-16-9-10-16/h3,6-8,11,13,16,19,21H,4-5,9-10,12,14H2,1-2H3/t19-,21?/m1/s1. The molecule has 1 heterocycles. The molecule has 0 amide bonds. The molecule has 0 aromatic heterocycles. The Balaban J connectivity index is 1.66. The van der Waals surface area contributed by atoms with Crippen molar-refractivity contribution in [1.82, 2.24) is 0 Å². The molecule has 0 bridgehead atoms. The van der Waals surface area contributed by atoms with Gasteiger partial charge in [-0.05, 0) is 60.3 Å². The summed E-state index contributed by atoms with van der Waals surface area (Å²) in [6.45, 7) is 4.77. The van der Waals surface area contributed by atoms with E-state index in [1.54, 1.807) is 0 Å². The summed E-state index contributed by atoms with van der Waals surface area (Å²) in [6.07, 6.45) is 12.3. The lowest BCUT2D eigenvalue weighted by molar-refractivity contribution is -0.0732. The fourth-order valence-electron chi connectivity index (χ4n) is 4.17. The van der Waals surface area contributed by atoms with Crippen LogP contribution in [0, 0.1) is 5.41 Å². The van der Waals surface area contributed by atoms with Gasteiger partial charge in [-0.1, -0.05) is 44.5 Å². The van der Waals surface area contributed by atoms with E-state index >= 15 is 0 Å². The second-order valence-electron chi connectivity index (χ2n) is 8.23. The topological polar surface area (TPSA) is 18.5 Å². The van der Waals surface area contributed by atoms with Gasteiger partial charge in [-0.3, -0.25) is 0 Å². The highest BCUT2D eigenvalue weighted by Gasteiger charge is 2.37. The van der Waals surface area contributed by atoms with E-state index in [0.29, 0.717) is 23.3 Å². The second kappa shape index (κ2) is 6.81. The summed E-state index contributed by atoms with van der Waals surface area (Å²) in [5.41, 5.74) is 4.07. The minimum absolute atomic E-state index is 0.260. The predicted octanol–water partition coefficient (Wildman–Crippen LogP) is 6.15. The van der Waals surface area contributed by atoms with Gasteiger partial charge >= 0.3 is 0 Å². The third kappa shape index (κ3) is 3.66. The molecule has 1 aromatic carbocycles. The molecule has 1 aliphatic heterocycles. The van der Waals surface area contributed by atoms with Gasteiger partial charge in [-0.2, -0.15) is 0 Å². The first-order chi connectivity index (χ1) is 12.1. The molecule has 1 aromatic rings. The molecule has 3 heteroatoms. The molecule has 2 atom stereocenters. The summed E-state index contributed by atoms with van der Waals surface area (Å²) in [4.78, 5) is 0. The molecule has 134 valence electrons. The van der Waals surface area contributed by atoms with Crippen molar-refractivity contribution in [2.75, 3.05) is 0 Å². The SMILES string of the molecule is CC1(C)CCC[C@@H]1c1cc(CCl)ccc1C1=CC=CC(OC2CC2)O1. The van der Waals surface area contributed by atoms with Crippen LogP contribution in [0.15, 0.2) is 36.4 Å². The van der Waals surface area contributed by atoms with Crippen molar-refractivity contribution in [1.29, 1.82) is 0 Å². The van der Waals surface area contributed by atoms with Gasteiger partial charge in [0, 0.05) is 11.4 Å². The summed E-state index contributed by atoms with van der Waals surface area (Å²) < 4.78 is 12.1. The van der Waals surface area contributed by atoms with Gasteiger partial charge in [-0.15, -0.1) is 11.6 Å². The molecule has 2 fully saturated rings. The largest absolute Gasteiger partial charge is 0.461 e. The highest BCUT2D eigenvalue weighted by atomic mass is 35.5. The normalized spacial score (nSPS) is 27.9. The Morgan fingerprint density at radius 2 is 2.08 bits per heavy atom. The van der Waals surface area contributed by atoms with Gasteiger partial charge in [0.2, 0.25) is 6.29 Å².